The van der Waals surface area contributed by atoms with Gasteiger partial charge in [-0.05, 0) is 36.1 Å². The van der Waals surface area contributed by atoms with Gasteiger partial charge in [-0.2, -0.15) is 0 Å². The number of urea groups is 1. The molecule has 3 amide bonds. The maximum absolute atomic E-state index is 11.4. The van der Waals surface area contributed by atoms with Crippen molar-refractivity contribution < 1.29 is 14.3 Å². The highest BCUT2D eigenvalue weighted by Crippen LogP contribution is 2.15. The predicted molar refractivity (Wildman–Crippen MR) is 76.0 cm³/mol. The molecule has 1 fully saturated rings. The molecular formula is C15H18N2O3. The van der Waals surface area contributed by atoms with Crippen molar-refractivity contribution in [1.29, 1.82) is 0 Å². The lowest BCUT2D eigenvalue weighted by atomic mass is 10.1. The Morgan fingerprint density at radius 2 is 1.85 bits per heavy atom. The molecular weight excluding hydrogens is 256 g/mol. The van der Waals surface area contributed by atoms with Crippen LogP contribution in [0, 0.1) is 5.92 Å². The van der Waals surface area contributed by atoms with Gasteiger partial charge in [0, 0.05) is 0 Å². The number of benzene rings is 1. The molecule has 1 aromatic carbocycles. The highest BCUT2D eigenvalue weighted by Gasteiger charge is 2.22. The van der Waals surface area contributed by atoms with Crippen LogP contribution in [-0.4, -0.2) is 18.5 Å². The largest absolute Gasteiger partial charge is 0.494 e. The van der Waals surface area contributed by atoms with Crippen molar-refractivity contribution in [3.05, 3.63) is 35.5 Å². The Kier molecular flexibility index (Phi) is 4.40. The van der Waals surface area contributed by atoms with Crippen LogP contribution in [0.5, 0.6) is 5.75 Å². The van der Waals surface area contributed by atoms with Crippen LogP contribution in [0.25, 0.3) is 6.08 Å². The number of imide groups is 1. The van der Waals surface area contributed by atoms with E-state index in [2.05, 4.69) is 24.5 Å². The summed E-state index contributed by atoms with van der Waals surface area (Å²) in [6, 6.07) is 6.89. The Morgan fingerprint density at radius 1 is 1.15 bits per heavy atom. The zero-order valence-electron chi connectivity index (χ0n) is 11.6. The maximum Gasteiger partial charge on any atom is 0.326 e. The van der Waals surface area contributed by atoms with E-state index in [1.54, 1.807) is 6.08 Å². The zero-order chi connectivity index (χ0) is 14.5. The molecule has 0 saturated carbocycles. The molecule has 1 heterocycles. The molecule has 1 aliphatic heterocycles. The molecule has 5 heteroatoms. The molecule has 0 aliphatic carbocycles. The number of hydrogen-bond donors (Lipinski definition) is 2. The number of ether oxygens (including phenoxy) is 1. The van der Waals surface area contributed by atoms with Gasteiger partial charge < -0.3 is 10.1 Å². The minimum absolute atomic E-state index is 0.253. The second-order valence-electron chi connectivity index (χ2n) is 5.07. The number of amides is 3. The van der Waals surface area contributed by atoms with Crippen molar-refractivity contribution in [3.63, 3.8) is 0 Å². The first-order chi connectivity index (χ1) is 9.54. The first kappa shape index (κ1) is 14.1. The van der Waals surface area contributed by atoms with Crippen molar-refractivity contribution in [2.24, 2.45) is 5.92 Å². The number of carbonyl (C=O) groups is 2. The van der Waals surface area contributed by atoms with E-state index in [0.29, 0.717) is 12.5 Å². The third kappa shape index (κ3) is 3.85. The maximum atomic E-state index is 11.4. The van der Waals surface area contributed by atoms with Crippen LogP contribution in [0.3, 0.4) is 0 Å². The summed E-state index contributed by atoms with van der Waals surface area (Å²) in [5.74, 6) is 1.00. The highest BCUT2D eigenvalue weighted by molar-refractivity contribution is 6.13. The Hall–Kier alpha value is -2.30. The number of nitrogens with one attached hydrogen (secondary N) is 2. The molecule has 1 saturated heterocycles. The van der Waals surface area contributed by atoms with Gasteiger partial charge in [-0.15, -0.1) is 0 Å². The summed E-state index contributed by atoms with van der Waals surface area (Å²) in [6.07, 6.45) is 2.64. The van der Waals surface area contributed by atoms with Crippen LogP contribution in [0.1, 0.15) is 25.8 Å². The van der Waals surface area contributed by atoms with E-state index in [9.17, 15) is 9.59 Å². The molecule has 1 aromatic rings. The molecule has 0 bridgehead atoms. The molecule has 1 aliphatic rings. The van der Waals surface area contributed by atoms with Crippen LogP contribution >= 0.6 is 0 Å². The van der Waals surface area contributed by atoms with Crippen LogP contribution in [0.2, 0.25) is 0 Å². The van der Waals surface area contributed by atoms with E-state index in [-0.39, 0.29) is 5.70 Å². The van der Waals surface area contributed by atoms with Crippen molar-refractivity contribution in [2.45, 2.75) is 20.3 Å². The Bertz CT molecular complexity index is 533. The molecule has 2 N–H and O–H groups in total. The molecule has 106 valence electrons. The fourth-order valence-corrected chi connectivity index (χ4v) is 1.72. The molecule has 2 rings (SSSR count). The van der Waals surface area contributed by atoms with E-state index in [1.807, 2.05) is 24.3 Å². The van der Waals surface area contributed by atoms with Crippen molar-refractivity contribution >= 4 is 18.0 Å². The predicted octanol–water partition coefficient (Wildman–Crippen LogP) is 2.29. The Labute approximate surface area is 118 Å². The molecule has 0 unspecified atom stereocenters. The summed E-state index contributed by atoms with van der Waals surface area (Å²) in [6.45, 7) is 5.00. The lowest BCUT2D eigenvalue weighted by Gasteiger charge is -2.08. The Morgan fingerprint density at radius 3 is 2.40 bits per heavy atom. The molecule has 0 spiro atoms. The zero-order valence-corrected chi connectivity index (χ0v) is 11.6. The topological polar surface area (TPSA) is 67.4 Å². The van der Waals surface area contributed by atoms with Gasteiger partial charge in [0.2, 0.25) is 0 Å². The first-order valence-corrected chi connectivity index (χ1v) is 6.61. The smallest absolute Gasteiger partial charge is 0.326 e. The summed E-state index contributed by atoms with van der Waals surface area (Å²) in [5, 5.41) is 4.60. The van der Waals surface area contributed by atoms with Crippen LogP contribution < -0.4 is 15.4 Å². The van der Waals surface area contributed by atoms with Gasteiger partial charge in [-0.25, -0.2) is 4.79 Å². The SMILES string of the molecule is CC(C)CCOc1ccc(/C=C2\NC(=O)NC2=O)cc1. The number of carbonyl (C=O) groups excluding carboxylic acids is 2. The van der Waals surface area contributed by atoms with Crippen LogP contribution in [0.4, 0.5) is 4.79 Å². The van der Waals surface area contributed by atoms with E-state index in [1.165, 1.54) is 0 Å². The third-order valence-corrected chi connectivity index (χ3v) is 2.87. The third-order valence-electron chi connectivity index (χ3n) is 2.87. The van der Waals surface area contributed by atoms with Crippen molar-refractivity contribution in [2.75, 3.05) is 6.61 Å². The molecule has 20 heavy (non-hydrogen) atoms. The first-order valence-electron chi connectivity index (χ1n) is 6.61. The van der Waals surface area contributed by atoms with Gasteiger partial charge in [0.25, 0.3) is 5.91 Å². The van der Waals surface area contributed by atoms with Gasteiger partial charge in [0.1, 0.15) is 11.4 Å². The minimum Gasteiger partial charge on any atom is -0.494 e. The minimum atomic E-state index is -0.491. The van der Waals surface area contributed by atoms with Crippen LogP contribution in [0.15, 0.2) is 30.0 Å². The van der Waals surface area contributed by atoms with Gasteiger partial charge in [0.15, 0.2) is 0 Å². The average Bonchev–Trinajstić information content (AvgIpc) is 2.69. The summed E-state index contributed by atoms with van der Waals surface area (Å²) in [4.78, 5) is 22.4. The summed E-state index contributed by atoms with van der Waals surface area (Å²) < 4.78 is 5.61. The normalized spacial score (nSPS) is 16.4. The van der Waals surface area contributed by atoms with Gasteiger partial charge >= 0.3 is 6.03 Å². The Balaban J connectivity index is 1.96. The van der Waals surface area contributed by atoms with Crippen molar-refractivity contribution in [1.82, 2.24) is 10.6 Å². The number of hydrogen-bond acceptors (Lipinski definition) is 3. The second-order valence-corrected chi connectivity index (χ2v) is 5.07. The van der Waals surface area contributed by atoms with E-state index in [0.717, 1.165) is 17.7 Å². The summed E-state index contributed by atoms with van der Waals surface area (Å²) in [5.41, 5.74) is 1.08. The van der Waals surface area contributed by atoms with Crippen molar-refractivity contribution in [3.8, 4) is 5.75 Å². The monoisotopic (exact) mass is 274 g/mol. The molecule has 0 aromatic heterocycles. The fraction of sp³-hybridized carbons (Fsp3) is 0.333. The van der Waals surface area contributed by atoms with E-state index >= 15 is 0 Å². The van der Waals surface area contributed by atoms with E-state index in [4.69, 9.17) is 4.74 Å². The molecule has 5 nitrogen and oxygen atoms in total. The summed E-state index contributed by atoms with van der Waals surface area (Å²) in [7, 11) is 0. The second kappa shape index (κ2) is 6.23. The fourth-order valence-electron chi connectivity index (χ4n) is 1.72. The van der Waals surface area contributed by atoms with Gasteiger partial charge in [-0.1, -0.05) is 26.0 Å². The molecule has 0 radical (unpaired) electrons. The number of rotatable bonds is 5. The highest BCUT2D eigenvalue weighted by atomic mass is 16.5. The average molecular weight is 274 g/mol. The quantitative estimate of drug-likeness (QED) is 0.639. The van der Waals surface area contributed by atoms with Crippen LogP contribution in [-0.2, 0) is 4.79 Å². The lowest BCUT2D eigenvalue weighted by Crippen LogP contribution is -2.22. The van der Waals surface area contributed by atoms with Gasteiger partial charge in [0.05, 0.1) is 6.61 Å². The summed E-state index contributed by atoms with van der Waals surface area (Å²) >= 11 is 0. The lowest BCUT2D eigenvalue weighted by molar-refractivity contribution is -0.115. The van der Waals surface area contributed by atoms with E-state index < -0.39 is 11.9 Å². The van der Waals surface area contributed by atoms with Gasteiger partial charge in [-0.3, -0.25) is 10.1 Å². The standard InChI is InChI=1S/C15H18N2O3/c1-10(2)7-8-20-12-5-3-11(4-6-12)9-13-14(18)17-15(19)16-13/h3-6,9-10H,7-8H2,1-2H3,(H2,16,17,18,19)/b13-9-. The molecule has 0 atom stereocenters.